The molecule has 2 fully saturated rings. The van der Waals surface area contributed by atoms with Gasteiger partial charge in [0.05, 0.1) is 11.4 Å². The minimum Gasteiger partial charge on any atom is -0.356 e. The number of nitrogens with zero attached hydrogens (tertiary/aromatic N) is 2. The first-order valence-corrected chi connectivity index (χ1v) is 18.5. The molecule has 2 aromatic heterocycles. The zero-order chi connectivity index (χ0) is 27.4. The van der Waals surface area contributed by atoms with Crippen molar-refractivity contribution in [3.05, 3.63) is 47.8 Å². The van der Waals surface area contributed by atoms with Crippen molar-refractivity contribution in [2.24, 2.45) is 0 Å². The highest BCUT2D eigenvalue weighted by Gasteiger charge is 2.80. The van der Waals surface area contributed by atoms with E-state index in [1.54, 1.807) is 24.5 Å². The topological polar surface area (TPSA) is 147 Å². The molecule has 4 rings (SSSR count). The number of amides is 1. The lowest BCUT2D eigenvalue weighted by Crippen LogP contribution is -2.83. The van der Waals surface area contributed by atoms with E-state index >= 15 is 0 Å². The van der Waals surface area contributed by atoms with Crippen molar-refractivity contribution in [2.45, 2.75) is 19.4 Å². The predicted octanol–water partition coefficient (Wildman–Crippen LogP) is 1.16. The van der Waals surface area contributed by atoms with E-state index in [9.17, 15) is 4.79 Å². The minimum absolute atomic E-state index is 0.246. The molecule has 1 N–H and O–H groups in total. The molecule has 2 bridgehead atoms. The minimum atomic E-state index is -3.88. The van der Waals surface area contributed by atoms with Gasteiger partial charge < -0.3 is 48.0 Å². The van der Waals surface area contributed by atoms with Crippen molar-refractivity contribution in [1.29, 1.82) is 0 Å². The summed E-state index contributed by atoms with van der Waals surface area (Å²) in [7, 11) is -8.02. The van der Waals surface area contributed by atoms with E-state index in [4.69, 9.17) is 42.7 Å². The number of pyridine rings is 2. The van der Waals surface area contributed by atoms with Crippen LogP contribution in [0.1, 0.15) is 22.3 Å². The Hall–Kier alpha value is -1.76. The Kier molecular flexibility index (Phi) is 9.05. The Morgan fingerprint density at radius 2 is 1.39 bits per heavy atom. The summed E-state index contributed by atoms with van der Waals surface area (Å²) >= 11 is 0. The highest BCUT2D eigenvalue weighted by Crippen LogP contribution is 2.42. The van der Waals surface area contributed by atoms with Crippen LogP contribution in [0.3, 0.4) is 0 Å². The molecule has 2 aromatic rings. The lowest BCUT2D eigenvalue weighted by molar-refractivity contribution is -0.0954. The molecular weight excluding hydrogens is 571 g/mol. The molecule has 0 saturated carbocycles. The summed E-state index contributed by atoms with van der Waals surface area (Å²) in [6, 6.07) is 7.39. The highest BCUT2D eigenvalue weighted by atomic mass is 28.6. The Bertz CT molecular complexity index is 1110. The fourth-order valence-corrected chi connectivity index (χ4v) is 21.0. The number of hydrogen-bond acceptors (Lipinski definition) is 13. The second-order valence-corrected chi connectivity index (χ2v) is 19.2. The van der Waals surface area contributed by atoms with Crippen LogP contribution >= 0.6 is 0 Å². The van der Waals surface area contributed by atoms with Crippen molar-refractivity contribution >= 4 is 41.9 Å². The van der Waals surface area contributed by atoms with Gasteiger partial charge in [-0.1, -0.05) is 0 Å². The molecule has 14 nitrogen and oxygen atoms in total. The Balaban J connectivity index is 1.46. The predicted molar refractivity (Wildman–Crippen MR) is 137 cm³/mol. The highest BCUT2D eigenvalue weighted by molar-refractivity contribution is 6.92. The van der Waals surface area contributed by atoms with Gasteiger partial charge in [-0.25, -0.2) is 0 Å². The van der Waals surface area contributed by atoms with Gasteiger partial charge >= 0.3 is 35.9 Å². The summed E-state index contributed by atoms with van der Waals surface area (Å²) in [6.07, 6.45) is 3.70. The molecule has 0 spiro atoms. The van der Waals surface area contributed by atoms with Gasteiger partial charge in [0.1, 0.15) is 0 Å². The lowest BCUT2D eigenvalue weighted by Gasteiger charge is -2.52. The Labute approximate surface area is 225 Å². The summed E-state index contributed by atoms with van der Waals surface area (Å²) in [5.74, 6) is -0.266. The largest absolute Gasteiger partial charge is 0.665 e. The number of fused-ring (bicyclic) bond motifs is 2. The van der Waals surface area contributed by atoms with Gasteiger partial charge in [-0.3, -0.25) is 14.8 Å². The van der Waals surface area contributed by atoms with E-state index in [0.717, 1.165) is 5.56 Å². The number of aromatic nitrogens is 2. The number of aryl methyl sites for hydroxylation is 1. The van der Waals surface area contributed by atoms with Crippen LogP contribution in [0.25, 0.3) is 11.4 Å². The molecule has 2 aliphatic heterocycles. The third-order valence-electron chi connectivity index (χ3n) is 5.74. The summed E-state index contributed by atoms with van der Waals surface area (Å²) in [6.45, 7) is 2.26. The maximum atomic E-state index is 12.9. The van der Waals surface area contributed by atoms with Crippen LogP contribution in [-0.4, -0.2) is 93.9 Å². The normalized spacial score (nSPS) is 25.6. The molecule has 2 aliphatic rings. The number of carbonyl (C=O) groups is 1. The van der Waals surface area contributed by atoms with Crippen LogP contribution in [0.5, 0.6) is 0 Å². The van der Waals surface area contributed by atoms with E-state index in [2.05, 4.69) is 15.3 Å². The Morgan fingerprint density at radius 3 is 1.95 bits per heavy atom. The fourth-order valence-electron chi connectivity index (χ4n) is 3.82. The molecule has 4 heterocycles. The van der Waals surface area contributed by atoms with Gasteiger partial charge in [0, 0.05) is 66.1 Å². The third-order valence-corrected chi connectivity index (χ3v) is 19.9. The molecule has 18 heteroatoms. The van der Waals surface area contributed by atoms with Crippen LogP contribution < -0.4 is 5.32 Å². The Morgan fingerprint density at radius 1 is 0.816 bits per heavy atom. The van der Waals surface area contributed by atoms with Crippen LogP contribution in [0.15, 0.2) is 36.7 Å². The smallest absolute Gasteiger partial charge is 0.356 e. The van der Waals surface area contributed by atoms with Gasteiger partial charge in [0.15, 0.2) is 0 Å². The van der Waals surface area contributed by atoms with Gasteiger partial charge in [-0.2, -0.15) is 0 Å². The first kappa shape index (κ1) is 29.2. The number of rotatable bonds is 11. The van der Waals surface area contributed by atoms with Crippen molar-refractivity contribution in [2.75, 3.05) is 42.1 Å². The van der Waals surface area contributed by atoms with Gasteiger partial charge in [-0.05, 0) is 43.2 Å². The van der Waals surface area contributed by atoms with Crippen LogP contribution in [0.4, 0.5) is 0 Å². The van der Waals surface area contributed by atoms with E-state index < -0.39 is 35.9 Å². The molecule has 208 valence electrons. The van der Waals surface area contributed by atoms with Gasteiger partial charge in [-0.15, -0.1) is 0 Å². The maximum absolute atomic E-state index is 12.9. The molecule has 0 atom stereocenters. The van der Waals surface area contributed by atoms with Crippen LogP contribution in [-0.2, 0) is 42.7 Å². The standard InChI is InChI=1S/C20H31N3O11Si4/c1-16-8-11-21-18(14-16)19-15-17(9-12-22-19)20(24)23-10-7-13-35-30-36(25-2,26-3)33-38(29-6,32-35)34-37(27-4,28-5)31-35/h8-9,11-12,14-15H,7,10,13H2,1-6H3,(H,23,24). The number of nitrogens with one attached hydrogen (secondary N) is 1. The van der Waals surface area contributed by atoms with Crippen molar-refractivity contribution < 1.29 is 47.5 Å². The number of hydrogen-bond donors (Lipinski definition) is 1. The molecule has 0 aliphatic carbocycles. The first-order chi connectivity index (χ1) is 18.2. The molecule has 0 radical (unpaired) electrons. The van der Waals surface area contributed by atoms with Crippen molar-refractivity contribution in [3.63, 3.8) is 0 Å². The number of carbonyl (C=O) groups excluding carboxylic acids is 1. The fraction of sp³-hybridized carbons (Fsp3) is 0.450. The summed E-state index contributed by atoms with van der Waals surface area (Å²) in [5, 5.41) is 2.90. The molecule has 2 saturated heterocycles. The average molecular weight is 602 g/mol. The summed E-state index contributed by atoms with van der Waals surface area (Å²) in [4.78, 5) is 21.6. The second-order valence-electron chi connectivity index (χ2n) is 8.22. The van der Waals surface area contributed by atoms with Crippen molar-refractivity contribution in [1.82, 2.24) is 15.3 Å². The molecular formula is C20H31N3O11Si4. The molecule has 38 heavy (non-hydrogen) atoms. The first-order valence-electron chi connectivity index (χ1n) is 11.6. The van der Waals surface area contributed by atoms with Crippen LogP contribution in [0, 0.1) is 6.92 Å². The molecule has 1 amide bonds. The van der Waals surface area contributed by atoms with Gasteiger partial charge in [0.25, 0.3) is 5.91 Å². The summed E-state index contributed by atoms with van der Waals surface area (Å²) < 4.78 is 57.8. The maximum Gasteiger partial charge on any atom is 0.665 e. The van der Waals surface area contributed by atoms with E-state index in [1.807, 2.05) is 19.1 Å². The van der Waals surface area contributed by atoms with E-state index in [-0.39, 0.29) is 18.5 Å². The quantitative estimate of drug-likeness (QED) is 0.290. The summed E-state index contributed by atoms with van der Waals surface area (Å²) in [5.41, 5.74) is 2.80. The second kappa shape index (κ2) is 11.8. The van der Waals surface area contributed by atoms with E-state index in [0.29, 0.717) is 23.4 Å². The van der Waals surface area contributed by atoms with Gasteiger partial charge in [0.2, 0.25) is 0 Å². The third kappa shape index (κ3) is 6.02. The molecule has 0 aromatic carbocycles. The SMILES string of the molecule is CO[Si]1(OC)O[Si]2(CCCNC(=O)c3ccnc(-c4cc(C)ccn4)c3)O[Si](OC)(OC)O[Si](OC)(O2)O1. The average Bonchev–Trinajstić information content (AvgIpc) is 2.94. The monoisotopic (exact) mass is 601 g/mol. The zero-order valence-electron chi connectivity index (χ0n) is 22.0. The lowest BCUT2D eigenvalue weighted by atomic mass is 10.1. The van der Waals surface area contributed by atoms with Crippen molar-refractivity contribution in [3.8, 4) is 11.4 Å². The molecule has 0 unspecified atom stereocenters. The zero-order valence-corrected chi connectivity index (χ0v) is 26.0. The van der Waals surface area contributed by atoms with Crippen LogP contribution in [0.2, 0.25) is 6.04 Å². The van der Waals surface area contributed by atoms with E-state index in [1.165, 1.54) is 35.5 Å².